The molecule has 29 heavy (non-hydrogen) atoms. The van der Waals surface area contributed by atoms with Crippen LogP contribution in [0.5, 0.6) is 0 Å². The largest absolute Gasteiger partial charge is 0.338 e. The van der Waals surface area contributed by atoms with Gasteiger partial charge in [-0.1, -0.05) is 34.1 Å². The zero-order valence-electron chi connectivity index (χ0n) is 18.6. The Hall–Kier alpha value is -1.88. The van der Waals surface area contributed by atoms with Crippen molar-refractivity contribution in [2.45, 2.75) is 59.8 Å². The molecule has 3 rings (SSSR count). The van der Waals surface area contributed by atoms with Crippen LogP contribution < -0.4 is 5.32 Å². The third-order valence-electron chi connectivity index (χ3n) is 6.15. The molecule has 2 saturated heterocycles. The molecule has 1 aromatic carbocycles. The maximum atomic E-state index is 13.1. The molecule has 160 valence electrons. The molecular weight excluding hydrogens is 362 g/mol. The summed E-state index contributed by atoms with van der Waals surface area (Å²) in [6, 6.07) is 7.35. The Morgan fingerprint density at radius 3 is 2.24 bits per heavy atom. The third-order valence-corrected chi connectivity index (χ3v) is 6.15. The molecule has 5 heteroatoms. The lowest BCUT2D eigenvalue weighted by Crippen LogP contribution is -2.37. The van der Waals surface area contributed by atoms with E-state index in [1.54, 1.807) is 0 Å². The van der Waals surface area contributed by atoms with Crippen molar-refractivity contribution in [1.29, 1.82) is 0 Å². The third kappa shape index (κ3) is 6.30. The quantitative estimate of drug-likeness (QED) is 0.816. The van der Waals surface area contributed by atoms with E-state index in [9.17, 15) is 9.59 Å². The minimum absolute atomic E-state index is 0.0162. The molecule has 0 saturated carbocycles. The maximum absolute atomic E-state index is 13.1. The summed E-state index contributed by atoms with van der Waals surface area (Å²) in [5.41, 5.74) is 1.80. The van der Waals surface area contributed by atoms with Crippen molar-refractivity contribution in [1.82, 2.24) is 9.80 Å². The Morgan fingerprint density at radius 1 is 0.931 bits per heavy atom. The summed E-state index contributed by atoms with van der Waals surface area (Å²) in [7, 11) is 0. The van der Waals surface area contributed by atoms with E-state index in [0.717, 1.165) is 44.7 Å². The Bertz CT molecular complexity index is 718. The lowest BCUT2D eigenvalue weighted by Gasteiger charge is -2.32. The van der Waals surface area contributed by atoms with Gasteiger partial charge >= 0.3 is 0 Å². The molecule has 2 heterocycles. The van der Waals surface area contributed by atoms with Crippen LogP contribution in [0.15, 0.2) is 24.3 Å². The van der Waals surface area contributed by atoms with Gasteiger partial charge in [0.2, 0.25) is 5.91 Å². The SMILES string of the molecule is CC1(C)CCN(C(=O)c2ccc(NC(=O)CN3CCCCC3)cc2)CC(C)(C)C1. The summed E-state index contributed by atoms with van der Waals surface area (Å²) in [6.45, 7) is 13.1. The lowest BCUT2D eigenvalue weighted by molar-refractivity contribution is -0.117. The number of amides is 2. The summed E-state index contributed by atoms with van der Waals surface area (Å²) in [6.07, 6.45) is 5.75. The Labute approximate surface area is 175 Å². The van der Waals surface area contributed by atoms with E-state index >= 15 is 0 Å². The topological polar surface area (TPSA) is 52.7 Å². The van der Waals surface area contributed by atoms with Crippen LogP contribution in [0.3, 0.4) is 0 Å². The molecule has 1 aromatic rings. The molecule has 2 aliphatic rings. The molecule has 5 nitrogen and oxygen atoms in total. The fraction of sp³-hybridized carbons (Fsp3) is 0.667. The van der Waals surface area contributed by atoms with Crippen molar-refractivity contribution in [2.75, 3.05) is 38.0 Å². The summed E-state index contributed by atoms with van der Waals surface area (Å²) in [4.78, 5) is 29.6. The zero-order chi connectivity index (χ0) is 21.1. The highest BCUT2D eigenvalue weighted by Crippen LogP contribution is 2.40. The fourth-order valence-corrected chi connectivity index (χ4v) is 5.05. The van der Waals surface area contributed by atoms with Crippen LogP contribution in [-0.4, -0.2) is 54.3 Å². The van der Waals surface area contributed by atoms with Gasteiger partial charge in [-0.3, -0.25) is 14.5 Å². The van der Waals surface area contributed by atoms with Gasteiger partial charge in [-0.05, 0) is 73.9 Å². The van der Waals surface area contributed by atoms with E-state index < -0.39 is 0 Å². The second kappa shape index (κ2) is 8.86. The number of nitrogens with zero attached hydrogens (tertiary/aromatic N) is 2. The van der Waals surface area contributed by atoms with Gasteiger partial charge in [-0.15, -0.1) is 0 Å². The van der Waals surface area contributed by atoms with Crippen LogP contribution in [0.2, 0.25) is 0 Å². The Morgan fingerprint density at radius 2 is 1.59 bits per heavy atom. The smallest absolute Gasteiger partial charge is 0.253 e. The van der Waals surface area contributed by atoms with Gasteiger partial charge in [0.25, 0.3) is 5.91 Å². The molecule has 0 aromatic heterocycles. The van der Waals surface area contributed by atoms with Gasteiger partial charge in [0.05, 0.1) is 6.54 Å². The summed E-state index contributed by atoms with van der Waals surface area (Å²) >= 11 is 0. The first kappa shape index (κ1) is 21.8. The highest BCUT2D eigenvalue weighted by Gasteiger charge is 2.36. The van der Waals surface area contributed by atoms with Crippen LogP contribution in [0.1, 0.15) is 70.2 Å². The molecule has 0 radical (unpaired) electrons. The second-order valence-electron chi connectivity index (χ2n) is 10.4. The molecule has 2 aliphatic heterocycles. The van der Waals surface area contributed by atoms with Gasteiger partial charge in [0, 0.05) is 24.3 Å². The summed E-state index contributed by atoms with van der Waals surface area (Å²) in [5, 5.41) is 2.96. The number of benzene rings is 1. The van der Waals surface area contributed by atoms with Gasteiger partial charge in [0.1, 0.15) is 0 Å². The molecule has 0 spiro atoms. The first-order chi connectivity index (χ1) is 13.6. The molecule has 2 amide bonds. The van der Waals surface area contributed by atoms with E-state index in [2.05, 4.69) is 37.9 Å². The number of anilines is 1. The molecule has 0 atom stereocenters. The highest BCUT2D eigenvalue weighted by atomic mass is 16.2. The Kier molecular flexibility index (Phi) is 6.67. The number of nitrogens with one attached hydrogen (secondary N) is 1. The number of rotatable bonds is 4. The van der Waals surface area contributed by atoms with Crippen molar-refractivity contribution < 1.29 is 9.59 Å². The summed E-state index contributed by atoms with van der Waals surface area (Å²) < 4.78 is 0. The standard InChI is InChI=1S/C24H37N3O2/c1-23(2)12-15-27(18-24(3,4)17-23)22(29)19-8-10-20(11-9-19)25-21(28)16-26-13-6-5-7-14-26/h8-11H,5-7,12-18H2,1-4H3,(H,25,28). The van der Waals surface area contributed by atoms with Gasteiger partial charge in [0.15, 0.2) is 0 Å². The van der Waals surface area contributed by atoms with Crippen LogP contribution >= 0.6 is 0 Å². The van der Waals surface area contributed by atoms with Crippen LogP contribution in [0.25, 0.3) is 0 Å². The van der Waals surface area contributed by atoms with E-state index in [1.807, 2.05) is 29.2 Å². The van der Waals surface area contributed by atoms with E-state index in [4.69, 9.17) is 0 Å². The van der Waals surface area contributed by atoms with Crippen molar-refractivity contribution in [3.63, 3.8) is 0 Å². The van der Waals surface area contributed by atoms with Gasteiger partial charge in [-0.2, -0.15) is 0 Å². The number of carbonyl (C=O) groups is 2. The van der Waals surface area contributed by atoms with Gasteiger partial charge < -0.3 is 10.2 Å². The van der Waals surface area contributed by atoms with Gasteiger partial charge in [-0.25, -0.2) is 0 Å². The van der Waals surface area contributed by atoms with Crippen molar-refractivity contribution in [3.05, 3.63) is 29.8 Å². The number of piperidine rings is 1. The summed E-state index contributed by atoms with van der Waals surface area (Å²) in [5.74, 6) is 0.101. The molecule has 2 fully saturated rings. The van der Waals surface area contributed by atoms with Crippen LogP contribution in [-0.2, 0) is 4.79 Å². The first-order valence-corrected chi connectivity index (χ1v) is 11.1. The molecule has 1 N–H and O–H groups in total. The van der Waals surface area contributed by atoms with E-state index in [0.29, 0.717) is 12.1 Å². The maximum Gasteiger partial charge on any atom is 0.253 e. The number of carbonyl (C=O) groups excluding carboxylic acids is 2. The minimum atomic E-state index is 0.0162. The fourth-order valence-electron chi connectivity index (χ4n) is 5.05. The average Bonchev–Trinajstić information content (AvgIpc) is 2.76. The second-order valence-corrected chi connectivity index (χ2v) is 10.4. The molecular formula is C24H37N3O2. The number of hydrogen-bond acceptors (Lipinski definition) is 3. The minimum Gasteiger partial charge on any atom is -0.338 e. The zero-order valence-corrected chi connectivity index (χ0v) is 18.6. The number of hydrogen-bond donors (Lipinski definition) is 1. The monoisotopic (exact) mass is 399 g/mol. The van der Waals surface area contributed by atoms with Crippen LogP contribution in [0.4, 0.5) is 5.69 Å². The van der Waals surface area contributed by atoms with Crippen molar-refractivity contribution in [3.8, 4) is 0 Å². The highest BCUT2D eigenvalue weighted by molar-refractivity contribution is 5.96. The first-order valence-electron chi connectivity index (χ1n) is 11.1. The molecule has 0 bridgehead atoms. The molecule has 0 unspecified atom stereocenters. The van der Waals surface area contributed by atoms with E-state index in [-0.39, 0.29) is 22.6 Å². The lowest BCUT2D eigenvalue weighted by atomic mass is 9.75. The molecule has 0 aliphatic carbocycles. The van der Waals surface area contributed by atoms with Crippen molar-refractivity contribution >= 4 is 17.5 Å². The normalized spacial score (nSPS) is 22.0. The van der Waals surface area contributed by atoms with Crippen molar-refractivity contribution in [2.24, 2.45) is 10.8 Å². The van der Waals surface area contributed by atoms with E-state index in [1.165, 1.54) is 19.3 Å². The predicted octanol–water partition coefficient (Wildman–Crippen LogP) is 4.40. The number of likely N-dealkylation sites (tertiary alicyclic amines) is 2. The Balaban J connectivity index is 1.59. The average molecular weight is 400 g/mol. The predicted molar refractivity (Wildman–Crippen MR) is 118 cm³/mol. The van der Waals surface area contributed by atoms with Crippen LogP contribution in [0, 0.1) is 10.8 Å².